The van der Waals surface area contributed by atoms with Crippen molar-refractivity contribution in [3.8, 4) is 0 Å². The Morgan fingerprint density at radius 1 is 1.23 bits per heavy atom. The van der Waals surface area contributed by atoms with Gasteiger partial charge in [0, 0.05) is 17.8 Å². The molecule has 0 aliphatic heterocycles. The summed E-state index contributed by atoms with van der Waals surface area (Å²) in [5, 5.41) is 11.9. The van der Waals surface area contributed by atoms with Crippen LogP contribution in [0.3, 0.4) is 0 Å². The number of carbonyl (C=O) groups is 2. The summed E-state index contributed by atoms with van der Waals surface area (Å²) in [5.41, 5.74) is 3.15. The van der Waals surface area contributed by atoms with Crippen LogP contribution in [0, 0.1) is 6.92 Å². The molecule has 2 atom stereocenters. The second-order valence-corrected chi connectivity index (χ2v) is 8.68. The third-order valence-electron chi connectivity index (χ3n) is 5.49. The van der Waals surface area contributed by atoms with E-state index in [1.165, 1.54) is 34.3 Å². The van der Waals surface area contributed by atoms with Crippen molar-refractivity contribution in [2.75, 3.05) is 4.90 Å². The summed E-state index contributed by atoms with van der Waals surface area (Å²) in [6, 6.07) is 10.9. The highest BCUT2D eigenvalue weighted by atomic mass is 32.1. The number of amides is 1. The maximum absolute atomic E-state index is 13.1. The molecule has 1 aromatic carbocycles. The number of imidazole rings is 1. The van der Waals surface area contributed by atoms with E-state index in [0.29, 0.717) is 10.7 Å². The lowest BCUT2D eigenvalue weighted by atomic mass is 9.90. The van der Waals surface area contributed by atoms with Crippen LogP contribution in [0.5, 0.6) is 0 Å². The van der Waals surface area contributed by atoms with Gasteiger partial charge in [0.15, 0.2) is 0 Å². The number of H-pyrrole nitrogens is 1. The molecule has 3 aromatic rings. The molecular formula is C24H29N3O3S. The number of aliphatic carboxylic acids is 1. The number of benzene rings is 1. The zero-order chi connectivity index (χ0) is 22.4. The monoisotopic (exact) mass is 439 g/mol. The Bertz CT molecular complexity index is 1010. The van der Waals surface area contributed by atoms with Crippen LogP contribution < -0.4 is 4.90 Å². The molecule has 0 saturated carbocycles. The van der Waals surface area contributed by atoms with Crippen molar-refractivity contribution in [3.63, 3.8) is 0 Å². The fourth-order valence-corrected chi connectivity index (χ4v) is 4.59. The van der Waals surface area contributed by atoms with E-state index in [1.807, 2.05) is 23.6 Å². The zero-order valence-electron chi connectivity index (χ0n) is 18.2. The molecule has 2 aromatic heterocycles. The first-order valence-electron chi connectivity index (χ1n) is 10.6. The Morgan fingerprint density at radius 2 is 2.00 bits per heavy atom. The first-order valence-corrected chi connectivity index (χ1v) is 11.5. The maximum atomic E-state index is 13.1. The molecule has 0 saturated heterocycles. The van der Waals surface area contributed by atoms with Gasteiger partial charge >= 0.3 is 5.97 Å². The molecule has 6 nitrogen and oxygen atoms in total. The fraction of sp³-hybridized carbons (Fsp3) is 0.375. The third-order valence-corrected chi connectivity index (χ3v) is 6.35. The number of rotatable bonds is 10. The van der Waals surface area contributed by atoms with Crippen LogP contribution in [0.1, 0.15) is 61.7 Å². The number of nitrogens with one attached hydrogen (secondary N) is 1. The van der Waals surface area contributed by atoms with Crippen LogP contribution >= 0.6 is 11.3 Å². The van der Waals surface area contributed by atoms with Gasteiger partial charge in [-0.25, -0.2) is 9.78 Å². The summed E-state index contributed by atoms with van der Waals surface area (Å²) < 4.78 is 0. The summed E-state index contributed by atoms with van der Waals surface area (Å²) in [6.07, 6.45) is 4.91. The molecule has 0 spiro atoms. The van der Waals surface area contributed by atoms with Crippen LogP contribution in [0.4, 0.5) is 5.00 Å². The first-order chi connectivity index (χ1) is 14.9. The number of hydrogen-bond donors (Lipinski definition) is 2. The van der Waals surface area contributed by atoms with Gasteiger partial charge < -0.3 is 10.1 Å². The lowest BCUT2D eigenvalue weighted by molar-refractivity contribution is -0.139. The van der Waals surface area contributed by atoms with Crippen LogP contribution in [0.25, 0.3) is 0 Å². The van der Waals surface area contributed by atoms with E-state index in [4.69, 9.17) is 0 Å². The molecule has 0 fully saturated rings. The Morgan fingerprint density at radius 3 is 2.65 bits per heavy atom. The molecule has 0 bridgehead atoms. The maximum Gasteiger partial charge on any atom is 0.326 e. The van der Waals surface area contributed by atoms with Crippen molar-refractivity contribution in [1.82, 2.24) is 9.97 Å². The van der Waals surface area contributed by atoms with E-state index in [2.05, 4.69) is 35.9 Å². The van der Waals surface area contributed by atoms with Gasteiger partial charge in [-0.05, 0) is 48.9 Å². The largest absolute Gasteiger partial charge is 0.480 e. The van der Waals surface area contributed by atoms with Gasteiger partial charge in [-0.2, -0.15) is 0 Å². The number of anilines is 1. The van der Waals surface area contributed by atoms with Crippen molar-refractivity contribution in [2.24, 2.45) is 0 Å². The van der Waals surface area contributed by atoms with Gasteiger partial charge in [-0.15, -0.1) is 11.3 Å². The van der Waals surface area contributed by atoms with Crippen molar-refractivity contribution in [1.29, 1.82) is 0 Å². The minimum absolute atomic E-state index is 0.0663. The molecule has 2 N–H and O–H groups in total. The number of unbranched alkanes of at least 4 members (excludes halogenated alkanes) is 1. The molecule has 0 aliphatic carbocycles. The van der Waals surface area contributed by atoms with Crippen molar-refractivity contribution in [2.45, 2.75) is 58.4 Å². The van der Waals surface area contributed by atoms with Crippen LogP contribution in [0.15, 0.2) is 48.0 Å². The Labute approximate surface area is 187 Å². The number of aryl methyl sites for hydroxylation is 1. The highest BCUT2D eigenvalue weighted by Crippen LogP contribution is 2.30. The number of carbonyl (C=O) groups excluding carboxylic acids is 1. The lowest BCUT2D eigenvalue weighted by Crippen LogP contribution is -2.43. The third kappa shape index (κ3) is 5.41. The predicted molar refractivity (Wildman–Crippen MR) is 124 cm³/mol. The van der Waals surface area contributed by atoms with Gasteiger partial charge in [0.2, 0.25) is 5.91 Å². The zero-order valence-corrected chi connectivity index (χ0v) is 19.0. The number of thiophene rings is 1. The van der Waals surface area contributed by atoms with Gasteiger partial charge in [0.05, 0.1) is 11.4 Å². The summed E-state index contributed by atoms with van der Waals surface area (Å²) >= 11 is 1.35. The van der Waals surface area contributed by atoms with Gasteiger partial charge in [0.25, 0.3) is 0 Å². The van der Waals surface area contributed by atoms with E-state index < -0.39 is 12.0 Å². The summed E-state index contributed by atoms with van der Waals surface area (Å²) in [7, 11) is 0. The van der Waals surface area contributed by atoms with E-state index in [1.54, 1.807) is 12.3 Å². The van der Waals surface area contributed by atoms with Gasteiger partial charge in [0.1, 0.15) is 11.9 Å². The molecule has 164 valence electrons. The smallest absolute Gasteiger partial charge is 0.326 e. The van der Waals surface area contributed by atoms with Crippen molar-refractivity contribution >= 4 is 28.2 Å². The molecule has 2 heterocycles. The predicted octanol–water partition coefficient (Wildman–Crippen LogP) is 5.15. The number of hydrogen-bond acceptors (Lipinski definition) is 4. The summed E-state index contributed by atoms with van der Waals surface area (Å²) in [4.78, 5) is 33.9. The molecular weight excluding hydrogens is 410 g/mol. The summed E-state index contributed by atoms with van der Waals surface area (Å²) in [5.74, 6) is -0.323. The highest BCUT2D eigenvalue weighted by molar-refractivity contribution is 7.14. The van der Waals surface area contributed by atoms with Crippen molar-refractivity contribution < 1.29 is 14.7 Å². The number of aromatic amines is 1. The van der Waals surface area contributed by atoms with Crippen LogP contribution in [0.2, 0.25) is 0 Å². The van der Waals surface area contributed by atoms with E-state index in [-0.39, 0.29) is 18.2 Å². The molecule has 0 aliphatic rings. The summed E-state index contributed by atoms with van der Waals surface area (Å²) in [6.45, 7) is 5.80. The quantitative estimate of drug-likeness (QED) is 0.457. The highest BCUT2D eigenvalue weighted by Gasteiger charge is 2.28. The van der Waals surface area contributed by atoms with Crippen molar-refractivity contribution in [3.05, 3.63) is 70.6 Å². The Hall–Kier alpha value is -2.93. The minimum Gasteiger partial charge on any atom is -0.480 e. The standard InChI is InChI=1S/C24H29N3O3S/c1-4-5-10-20(19-11-7-6-9-16(19)2)23-25-15-18(26-23)14-21(28)27(17(3)24(29)30)22-12-8-13-31-22/h6-9,11-13,15,17,20H,4-5,10,14H2,1-3H3,(H,25,26)(H,29,30)/t17-,20?/m0/s1. The molecule has 0 radical (unpaired) electrons. The van der Waals surface area contributed by atoms with E-state index in [9.17, 15) is 14.7 Å². The number of nitrogens with zero attached hydrogens (tertiary/aromatic N) is 2. The van der Waals surface area contributed by atoms with Gasteiger partial charge in [-0.1, -0.05) is 44.0 Å². The molecule has 1 unspecified atom stereocenters. The van der Waals surface area contributed by atoms with Crippen LogP contribution in [-0.2, 0) is 16.0 Å². The van der Waals surface area contributed by atoms with Gasteiger partial charge in [-0.3, -0.25) is 9.69 Å². The molecule has 7 heteroatoms. The Balaban J connectivity index is 1.83. The number of aromatic nitrogens is 2. The minimum atomic E-state index is -1.04. The van der Waals surface area contributed by atoms with E-state index >= 15 is 0 Å². The normalized spacial score (nSPS) is 13.0. The van der Waals surface area contributed by atoms with E-state index in [0.717, 1.165) is 25.1 Å². The average molecular weight is 440 g/mol. The molecule has 31 heavy (non-hydrogen) atoms. The Kier molecular flexibility index (Phi) is 7.63. The molecule has 3 rings (SSSR count). The number of carboxylic acids is 1. The lowest BCUT2D eigenvalue weighted by Gasteiger charge is -2.24. The fourth-order valence-electron chi connectivity index (χ4n) is 3.76. The second-order valence-electron chi connectivity index (χ2n) is 7.75. The average Bonchev–Trinajstić information content (AvgIpc) is 3.42. The SMILES string of the molecule is CCCCC(c1ncc(CC(=O)N(c2cccs2)[C@@H](C)C(=O)O)[nH]1)c1ccccc1C. The second kappa shape index (κ2) is 10.4. The topological polar surface area (TPSA) is 86.3 Å². The first kappa shape index (κ1) is 22.7. The number of carboxylic acid groups (broad SMARTS) is 1. The van der Waals surface area contributed by atoms with Crippen LogP contribution in [-0.4, -0.2) is 33.0 Å². The molecule has 1 amide bonds.